The molecule has 5 atom stereocenters. The van der Waals surface area contributed by atoms with Crippen molar-refractivity contribution in [3.8, 4) is 0 Å². The Labute approximate surface area is 209 Å². The van der Waals surface area contributed by atoms with Crippen LogP contribution < -0.4 is 27.4 Å². The number of para-hydroxylation sites is 1. The average molecular weight is 505 g/mol. The zero-order chi connectivity index (χ0) is 26.8. The fraction of sp³-hybridized carbons (Fsp3) is 0.500. The molecular formula is C24H36N6O6. The van der Waals surface area contributed by atoms with Crippen molar-refractivity contribution in [2.75, 3.05) is 6.54 Å². The van der Waals surface area contributed by atoms with Gasteiger partial charge in [0.05, 0.1) is 6.10 Å². The highest BCUT2D eigenvalue weighted by molar-refractivity contribution is 5.94. The van der Waals surface area contributed by atoms with Crippen LogP contribution in [0.3, 0.4) is 0 Å². The molecule has 10 N–H and O–H groups in total. The number of unbranched alkanes of at least 4 members (excludes halogenated alkanes) is 1. The van der Waals surface area contributed by atoms with Crippen molar-refractivity contribution in [1.82, 2.24) is 20.9 Å². The molecule has 1 aromatic carbocycles. The molecule has 1 heterocycles. The van der Waals surface area contributed by atoms with Crippen LogP contribution in [0.25, 0.3) is 10.9 Å². The summed E-state index contributed by atoms with van der Waals surface area (Å²) in [6.07, 6.45) is 2.01. The maximum absolute atomic E-state index is 13.1. The van der Waals surface area contributed by atoms with E-state index in [0.29, 0.717) is 19.4 Å². The first-order valence-corrected chi connectivity index (χ1v) is 11.9. The molecule has 2 aromatic rings. The standard InChI is InChI=1S/C24H36N6O6/c1-13(21(32)29-18(24(35)36)9-5-6-10-25)28-22(33)19(30-23(34)20(26)14(2)31)11-15-12-27-17-8-4-3-7-16(15)17/h3-4,7-8,12-14,18-20,27,31H,5-6,9-11,25-26H2,1-2H3,(H,28,33)(H,29,32)(H,30,34)(H,35,36). The Bertz CT molecular complexity index is 1050. The number of aliphatic hydroxyl groups excluding tert-OH is 1. The fourth-order valence-corrected chi connectivity index (χ4v) is 3.64. The summed E-state index contributed by atoms with van der Waals surface area (Å²) in [4.78, 5) is 52.8. The third-order valence-electron chi connectivity index (χ3n) is 5.87. The molecule has 0 aliphatic carbocycles. The van der Waals surface area contributed by atoms with E-state index < -0.39 is 54.0 Å². The minimum absolute atomic E-state index is 0.0826. The Morgan fingerprint density at radius 2 is 1.64 bits per heavy atom. The first-order chi connectivity index (χ1) is 17.0. The number of fused-ring (bicyclic) bond motifs is 1. The molecule has 0 aliphatic heterocycles. The number of carbonyl (C=O) groups excluding carboxylic acids is 3. The zero-order valence-electron chi connectivity index (χ0n) is 20.5. The number of hydrogen-bond acceptors (Lipinski definition) is 7. The van der Waals surface area contributed by atoms with Crippen LogP contribution in [-0.4, -0.2) is 75.7 Å². The summed E-state index contributed by atoms with van der Waals surface area (Å²) in [5, 5.41) is 27.4. The molecule has 198 valence electrons. The minimum atomic E-state index is -1.26. The SMILES string of the molecule is CC(NC(=O)C(Cc1c[nH]c2ccccc12)NC(=O)C(N)C(C)O)C(=O)NC(CCCCN)C(=O)O. The van der Waals surface area contributed by atoms with Crippen LogP contribution >= 0.6 is 0 Å². The lowest BCUT2D eigenvalue weighted by Crippen LogP contribution is -2.58. The second-order valence-electron chi connectivity index (χ2n) is 8.81. The summed E-state index contributed by atoms with van der Waals surface area (Å²) in [5.41, 5.74) is 12.8. The summed E-state index contributed by atoms with van der Waals surface area (Å²) in [6.45, 7) is 3.19. The van der Waals surface area contributed by atoms with Gasteiger partial charge in [-0.2, -0.15) is 0 Å². The van der Waals surface area contributed by atoms with Crippen molar-refractivity contribution in [2.24, 2.45) is 11.5 Å². The van der Waals surface area contributed by atoms with Crippen molar-refractivity contribution in [1.29, 1.82) is 0 Å². The smallest absolute Gasteiger partial charge is 0.326 e. The molecule has 0 aliphatic rings. The number of rotatable bonds is 14. The highest BCUT2D eigenvalue weighted by Gasteiger charge is 2.30. The molecule has 36 heavy (non-hydrogen) atoms. The van der Waals surface area contributed by atoms with Crippen LogP contribution in [0.15, 0.2) is 30.5 Å². The predicted molar refractivity (Wildman–Crippen MR) is 134 cm³/mol. The van der Waals surface area contributed by atoms with Crippen LogP contribution in [-0.2, 0) is 25.6 Å². The van der Waals surface area contributed by atoms with Gasteiger partial charge in [0.15, 0.2) is 0 Å². The quantitative estimate of drug-likeness (QED) is 0.151. The number of carboxylic acids is 1. The molecule has 12 heteroatoms. The summed E-state index contributed by atoms with van der Waals surface area (Å²) < 4.78 is 0. The molecule has 0 saturated carbocycles. The van der Waals surface area contributed by atoms with Gasteiger partial charge in [-0.1, -0.05) is 18.2 Å². The number of amides is 3. The monoisotopic (exact) mass is 504 g/mol. The number of nitrogens with two attached hydrogens (primary N) is 2. The normalized spacial score (nSPS) is 15.4. The number of aliphatic carboxylic acids is 1. The molecule has 0 saturated heterocycles. The number of benzene rings is 1. The number of aromatic nitrogens is 1. The summed E-state index contributed by atoms with van der Waals surface area (Å²) >= 11 is 0. The summed E-state index contributed by atoms with van der Waals surface area (Å²) in [6, 6.07) is 2.87. The zero-order valence-corrected chi connectivity index (χ0v) is 20.5. The number of aromatic amines is 1. The minimum Gasteiger partial charge on any atom is -0.480 e. The van der Waals surface area contributed by atoms with Crippen LogP contribution in [0.5, 0.6) is 0 Å². The van der Waals surface area contributed by atoms with Crippen molar-refractivity contribution in [3.63, 3.8) is 0 Å². The number of carbonyl (C=O) groups is 4. The summed E-state index contributed by atoms with van der Waals surface area (Å²) in [5.74, 6) is -3.26. The van der Waals surface area contributed by atoms with Crippen LogP contribution in [0.2, 0.25) is 0 Å². The third kappa shape index (κ3) is 8.04. The van der Waals surface area contributed by atoms with E-state index in [9.17, 15) is 29.4 Å². The lowest BCUT2D eigenvalue weighted by molar-refractivity contribution is -0.142. The number of nitrogens with one attached hydrogen (secondary N) is 4. The van der Waals surface area contributed by atoms with E-state index in [1.54, 1.807) is 6.20 Å². The Morgan fingerprint density at radius 3 is 2.28 bits per heavy atom. The molecule has 2 rings (SSSR count). The van der Waals surface area contributed by atoms with Crippen molar-refractivity contribution in [3.05, 3.63) is 36.0 Å². The van der Waals surface area contributed by atoms with Crippen molar-refractivity contribution >= 4 is 34.6 Å². The number of carboxylic acid groups (broad SMARTS) is 1. The van der Waals surface area contributed by atoms with Gasteiger partial charge in [-0.15, -0.1) is 0 Å². The molecule has 0 spiro atoms. The van der Waals surface area contributed by atoms with Crippen molar-refractivity contribution < 1.29 is 29.4 Å². The van der Waals surface area contributed by atoms with Crippen LogP contribution in [0.4, 0.5) is 0 Å². The average Bonchev–Trinajstić information content (AvgIpc) is 3.24. The fourth-order valence-electron chi connectivity index (χ4n) is 3.64. The second kappa shape index (κ2) is 13.6. The van der Waals surface area contributed by atoms with Crippen LogP contribution in [0.1, 0.15) is 38.7 Å². The topological polar surface area (TPSA) is 213 Å². The number of hydrogen-bond donors (Lipinski definition) is 8. The molecule has 3 amide bonds. The molecule has 0 radical (unpaired) electrons. The van der Waals surface area contributed by atoms with E-state index in [2.05, 4.69) is 20.9 Å². The molecular weight excluding hydrogens is 468 g/mol. The Balaban J connectivity index is 2.14. The number of aliphatic hydroxyl groups is 1. The molecule has 12 nitrogen and oxygen atoms in total. The van der Waals surface area contributed by atoms with E-state index in [4.69, 9.17) is 11.5 Å². The van der Waals surface area contributed by atoms with Gasteiger partial charge in [-0.25, -0.2) is 4.79 Å². The largest absolute Gasteiger partial charge is 0.480 e. The second-order valence-corrected chi connectivity index (χ2v) is 8.81. The van der Waals surface area contributed by atoms with Gasteiger partial charge in [0.1, 0.15) is 24.2 Å². The van der Waals surface area contributed by atoms with E-state index in [0.717, 1.165) is 16.5 Å². The molecule has 5 unspecified atom stereocenters. The molecule has 1 aromatic heterocycles. The summed E-state index contributed by atoms with van der Waals surface area (Å²) in [7, 11) is 0. The van der Waals surface area contributed by atoms with E-state index in [-0.39, 0.29) is 12.8 Å². The highest BCUT2D eigenvalue weighted by atomic mass is 16.4. The van der Waals surface area contributed by atoms with E-state index in [1.165, 1.54) is 13.8 Å². The molecule has 0 fully saturated rings. The maximum atomic E-state index is 13.1. The lowest BCUT2D eigenvalue weighted by atomic mass is 10.0. The van der Waals surface area contributed by atoms with E-state index in [1.807, 2.05) is 24.3 Å². The van der Waals surface area contributed by atoms with Gasteiger partial charge in [-0.3, -0.25) is 14.4 Å². The van der Waals surface area contributed by atoms with Gasteiger partial charge in [-0.05, 0) is 51.3 Å². The Hall–Kier alpha value is -3.48. The number of H-pyrrole nitrogens is 1. The Kier molecular flexibility index (Phi) is 10.8. The van der Waals surface area contributed by atoms with Gasteiger partial charge in [0.25, 0.3) is 0 Å². The first kappa shape index (κ1) is 28.8. The van der Waals surface area contributed by atoms with Crippen LogP contribution in [0, 0.1) is 0 Å². The lowest BCUT2D eigenvalue weighted by Gasteiger charge is -2.24. The van der Waals surface area contributed by atoms with Gasteiger partial charge in [0, 0.05) is 23.5 Å². The highest BCUT2D eigenvalue weighted by Crippen LogP contribution is 2.19. The van der Waals surface area contributed by atoms with Gasteiger partial charge in [0.2, 0.25) is 17.7 Å². The maximum Gasteiger partial charge on any atom is 0.326 e. The van der Waals surface area contributed by atoms with Gasteiger partial charge < -0.3 is 42.6 Å². The van der Waals surface area contributed by atoms with Crippen molar-refractivity contribution in [2.45, 2.75) is 69.8 Å². The predicted octanol–water partition coefficient (Wildman–Crippen LogP) is -0.894. The first-order valence-electron chi connectivity index (χ1n) is 11.9. The Morgan fingerprint density at radius 1 is 0.972 bits per heavy atom. The van der Waals surface area contributed by atoms with Gasteiger partial charge >= 0.3 is 5.97 Å². The van der Waals surface area contributed by atoms with E-state index >= 15 is 0 Å². The third-order valence-corrected chi connectivity index (χ3v) is 5.87. The molecule has 0 bridgehead atoms.